The molecule has 4 heteroatoms. The van der Waals surface area contributed by atoms with Gasteiger partial charge in [-0.05, 0) is 39.8 Å². The topological polar surface area (TPSA) is 58.6 Å². The highest BCUT2D eigenvalue weighted by Gasteiger charge is 2.14. The van der Waals surface area contributed by atoms with Gasteiger partial charge < -0.3 is 15.2 Å². The minimum atomic E-state index is -0.515. The summed E-state index contributed by atoms with van der Waals surface area (Å²) >= 11 is 0. The summed E-state index contributed by atoms with van der Waals surface area (Å²) in [7, 11) is 0. The first-order valence-corrected chi connectivity index (χ1v) is 6.04. The average Bonchev–Trinajstić information content (AvgIpc) is 2.27. The molecule has 0 aliphatic carbocycles. The van der Waals surface area contributed by atoms with E-state index in [9.17, 15) is 9.90 Å². The maximum atomic E-state index is 11.3. The Kier molecular flexibility index (Phi) is 4.82. The molecule has 0 radical (unpaired) electrons. The van der Waals surface area contributed by atoms with Gasteiger partial charge in [0.1, 0.15) is 11.4 Å². The molecule has 0 spiro atoms. The van der Waals surface area contributed by atoms with Crippen molar-refractivity contribution < 1.29 is 14.6 Å². The van der Waals surface area contributed by atoms with Crippen molar-refractivity contribution in [2.24, 2.45) is 0 Å². The van der Waals surface area contributed by atoms with Gasteiger partial charge in [0.05, 0.1) is 6.54 Å². The van der Waals surface area contributed by atoms with Crippen LogP contribution in [0.5, 0.6) is 5.75 Å². The number of amides is 1. The van der Waals surface area contributed by atoms with Crippen LogP contribution in [-0.2, 0) is 4.74 Å². The van der Waals surface area contributed by atoms with Gasteiger partial charge in [0.2, 0.25) is 0 Å². The van der Waals surface area contributed by atoms with Gasteiger partial charge in [0, 0.05) is 11.1 Å². The molecule has 1 aromatic carbocycles. The molecule has 1 aromatic rings. The van der Waals surface area contributed by atoms with Crippen molar-refractivity contribution in [3.05, 3.63) is 29.3 Å². The Bertz CT molecular complexity index is 518. The minimum absolute atomic E-state index is 0.198. The monoisotopic (exact) mass is 261 g/mol. The fourth-order valence-corrected chi connectivity index (χ4v) is 1.33. The van der Waals surface area contributed by atoms with Gasteiger partial charge >= 0.3 is 6.09 Å². The lowest BCUT2D eigenvalue weighted by molar-refractivity contribution is 0.0535. The third-order valence-electron chi connectivity index (χ3n) is 2.25. The number of phenolic OH excluding ortho intramolecular Hbond substituents is 1. The average molecular weight is 261 g/mol. The number of carbonyl (C=O) groups excluding carboxylic acids is 1. The number of alkyl carbamates (subject to hydrolysis) is 1. The molecule has 4 nitrogen and oxygen atoms in total. The van der Waals surface area contributed by atoms with Gasteiger partial charge in [-0.3, -0.25) is 0 Å². The molecule has 0 aliphatic heterocycles. The van der Waals surface area contributed by atoms with E-state index in [1.807, 2.05) is 6.07 Å². The fraction of sp³-hybridized carbons (Fsp3) is 0.400. The van der Waals surface area contributed by atoms with Gasteiger partial charge in [0.25, 0.3) is 0 Å². The van der Waals surface area contributed by atoms with Crippen molar-refractivity contribution in [3.8, 4) is 17.6 Å². The Morgan fingerprint density at radius 1 is 1.42 bits per heavy atom. The van der Waals surface area contributed by atoms with Crippen LogP contribution >= 0.6 is 0 Å². The highest BCUT2D eigenvalue weighted by molar-refractivity contribution is 5.68. The summed E-state index contributed by atoms with van der Waals surface area (Å²) in [5.41, 5.74) is 0.956. The van der Waals surface area contributed by atoms with E-state index >= 15 is 0 Å². The molecule has 0 unspecified atom stereocenters. The van der Waals surface area contributed by atoms with E-state index in [1.54, 1.807) is 39.8 Å². The van der Waals surface area contributed by atoms with Gasteiger partial charge in [-0.2, -0.15) is 0 Å². The van der Waals surface area contributed by atoms with Crippen molar-refractivity contribution in [1.82, 2.24) is 5.32 Å². The number of aromatic hydroxyl groups is 1. The lowest BCUT2D eigenvalue weighted by atomic mass is 10.1. The first-order chi connectivity index (χ1) is 8.79. The standard InChI is InChI=1S/C15H19NO3/c1-11-12(7-5-9-13(11)17)8-6-10-16-14(18)19-15(2,3)4/h5,7,9,17H,10H2,1-4H3,(H,16,18). The molecule has 0 fully saturated rings. The Hall–Kier alpha value is -2.15. The zero-order chi connectivity index (χ0) is 14.5. The molecule has 0 saturated heterocycles. The number of benzene rings is 1. The SMILES string of the molecule is Cc1c(O)cccc1C#CCNC(=O)OC(C)(C)C. The Morgan fingerprint density at radius 2 is 2.11 bits per heavy atom. The maximum absolute atomic E-state index is 11.3. The molecule has 0 bridgehead atoms. The number of ether oxygens (including phenoxy) is 1. The molecule has 0 saturated carbocycles. The lowest BCUT2D eigenvalue weighted by Gasteiger charge is -2.19. The van der Waals surface area contributed by atoms with Crippen LogP contribution in [0.2, 0.25) is 0 Å². The predicted molar refractivity (Wildman–Crippen MR) is 74.0 cm³/mol. The molecule has 19 heavy (non-hydrogen) atoms. The van der Waals surface area contributed by atoms with Crippen LogP contribution in [-0.4, -0.2) is 23.3 Å². The fourth-order valence-electron chi connectivity index (χ4n) is 1.33. The zero-order valence-corrected chi connectivity index (χ0v) is 11.7. The Balaban J connectivity index is 2.53. The van der Waals surface area contributed by atoms with Crippen LogP contribution in [0.25, 0.3) is 0 Å². The molecule has 0 heterocycles. The Labute approximate surface area is 113 Å². The van der Waals surface area contributed by atoms with E-state index in [1.165, 1.54) is 0 Å². The van der Waals surface area contributed by atoms with Gasteiger partial charge in [-0.25, -0.2) is 4.79 Å². The normalized spacial score (nSPS) is 10.3. The first kappa shape index (κ1) is 14.9. The van der Waals surface area contributed by atoms with E-state index in [0.717, 1.165) is 11.1 Å². The van der Waals surface area contributed by atoms with Gasteiger partial charge in [0.15, 0.2) is 0 Å². The summed E-state index contributed by atoms with van der Waals surface area (Å²) in [6, 6.07) is 5.16. The summed E-state index contributed by atoms with van der Waals surface area (Å²) in [5, 5.41) is 12.1. The summed E-state index contributed by atoms with van der Waals surface area (Å²) in [6.07, 6.45) is -0.491. The van der Waals surface area contributed by atoms with E-state index in [0.29, 0.717) is 0 Å². The number of rotatable bonds is 1. The third-order valence-corrected chi connectivity index (χ3v) is 2.25. The second-order valence-electron chi connectivity index (χ2n) is 5.11. The maximum Gasteiger partial charge on any atom is 0.408 e. The Morgan fingerprint density at radius 3 is 2.74 bits per heavy atom. The quantitative estimate of drug-likeness (QED) is 0.764. The molecular weight excluding hydrogens is 242 g/mol. The molecule has 0 atom stereocenters. The van der Waals surface area contributed by atoms with Gasteiger partial charge in [-0.15, -0.1) is 0 Å². The number of phenols is 1. The van der Waals surface area contributed by atoms with Crippen molar-refractivity contribution >= 4 is 6.09 Å². The van der Waals surface area contributed by atoms with Crippen molar-refractivity contribution in [1.29, 1.82) is 0 Å². The number of hydrogen-bond donors (Lipinski definition) is 2. The van der Waals surface area contributed by atoms with E-state index < -0.39 is 11.7 Å². The van der Waals surface area contributed by atoms with Crippen molar-refractivity contribution in [3.63, 3.8) is 0 Å². The van der Waals surface area contributed by atoms with E-state index in [-0.39, 0.29) is 12.3 Å². The summed E-state index contributed by atoms with van der Waals surface area (Å²) in [5.74, 6) is 5.92. The predicted octanol–water partition coefficient (Wildman–Crippen LogP) is 2.58. The van der Waals surface area contributed by atoms with Crippen LogP contribution in [0, 0.1) is 18.8 Å². The number of carbonyl (C=O) groups is 1. The van der Waals surface area contributed by atoms with Crippen LogP contribution in [0.15, 0.2) is 18.2 Å². The summed E-state index contributed by atoms with van der Waals surface area (Å²) in [4.78, 5) is 11.3. The van der Waals surface area contributed by atoms with Crippen LogP contribution in [0.1, 0.15) is 31.9 Å². The summed E-state index contributed by atoms with van der Waals surface area (Å²) in [6.45, 7) is 7.39. The molecule has 102 valence electrons. The van der Waals surface area contributed by atoms with Gasteiger partial charge in [-0.1, -0.05) is 17.9 Å². The molecular formula is C15H19NO3. The minimum Gasteiger partial charge on any atom is -0.508 e. The second-order valence-corrected chi connectivity index (χ2v) is 5.11. The molecule has 1 amide bonds. The lowest BCUT2D eigenvalue weighted by Crippen LogP contribution is -2.32. The first-order valence-electron chi connectivity index (χ1n) is 6.04. The zero-order valence-electron chi connectivity index (χ0n) is 11.7. The molecule has 1 rings (SSSR count). The van der Waals surface area contributed by atoms with E-state index in [4.69, 9.17) is 4.74 Å². The summed E-state index contributed by atoms with van der Waals surface area (Å²) < 4.78 is 5.08. The third kappa shape index (κ3) is 5.35. The van der Waals surface area contributed by atoms with Crippen molar-refractivity contribution in [2.45, 2.75) is 33.3 Å². The van der Waals surface area contributed by atoms with E-state index in [2.05, 4.69) is 17.2 Å². The second kappa shape index (κ2) is 6.14. The molecule has 2 N–H and O–H groups in total. The molecule has 0 aromatic heterocycles. The number of nitrogens with one attached hydrogen (secondary N) is 1. The highest BCUT2D eigenvalue weighted by Crippen LogP contribution is 2.18. The van der Waals surface area contributed by atoms with Crippen LogP contribution in [0.4, 0.5) is 4.79 Å². The number of hydrogen-bond acceptors (Lipinski definition) is 3. The van der Waals surface area contributed by atoms with Crippen molar-refractivity contribution in [2.75, 3.05) is 6.54 Å². The highest BCUT2D eigenvalue weighted by atomic mass is 16.6. The molecule has 0 aliphatic rings. The smallest absolute Gasteiger partial charge is 0.408 e. The largest absolute Gasteiger partial charge is 0.508 e. The van der Waals surface area contributed by atoms with Crippen LogP contribution < -0.4 is 5.32 Å². The van der Waals surface area contributed by atoms with Crippen LogP contribution in [0.3, 0.4) is 0 Å².